The fourth-order valence-electron chi connectivity index (χ4n) is 6.24. The third-order valence-corrected chi connectivity index (χ3v) is 8.49. The zero-order valence-corrected chi connectivity index (χ0v) is 26.8. The molecule has 0 radical (unpaired) electrons. The van der Waals surface area contributed by atoms with Gasteiger partial charge in [0, 0.05) is 38.3 Å². The number of hydrogen-bond donors (Lipinski definition) is 1. The zero-order valence-electron chi connectivity index (χ0n) is 24.6. The molecule has 0 aliphatic carbocycles. The monoisotopic (exact) mass is 741 g/mol. The van der Waals surface area contributed by atoms with E-state index in [9.17, 15) is 5.11 Å². The van der Waals surface area contributed by atoms with Gasteiger partial charge in [-0.3, -0.25) is 4.98 Å². The summed E-state index contributed by atoms with van der Waals surface area (Å²) in [6.07, 6.45) is 1.88. The first-order chi connectivity index (χ1) is 20.3. The van der Waals surface area contributed by atoms with Gasteiger partial charge in [-0.2, -0.15) is 0 Å². The predicted octanol–water partition coefficient (Wildman–Crippen LogP) is 9.70. The van der Waals surface area contributed by atoms with E-state index in [0.717, 1.165) is 45.0 Å². The van der Waals surface area contributed by atoms with Gasteiger partial charge in [0.05, 0.1) is 0 Å². The van der Waals surface area contributed by atoms with Crippen molar-refractivity contribution in [3.8, 4) is 28.1 Å². The van der Waals surface area contributed by atoms with Gasteiger partial charge in [0.1, 0.15) is 17.1 Å². The van der Waals surface area contributed by atoms with Crippen LogP contribution in [0.2, 0.25) is 0 Å². The van der Waals surface area contributed by atoms with Crippen LogP contribution >= 0.6 is 0 Å². The summed E-state index contributed by atoms with van der Waals surface area (Å²) in [6, 6.07) is 39.0. The Morgan fingerprint density at radius 2 is 1.56 bits per heavy atom. The second-order valence-electron chi connectivity index (χ2n) is 11.8. The molecule has 0 saturated heterocycles. The molecular weight excluding hydrogens is 710 g/mol. The predicted molar refractivity (Wildman–Crippen MR) is 172 cm³/mol. The molecule has 4 aromatic carbocycles. The van der Waals surface area contributed by atoms with Crippen LogP contribution in [0.1, 0.15) is 50.3 Å². The number of phenolic OH excluding ortho intramolecular Hbond substituents is 1. The number of pyridine rings is 2. The smallest absolute Gasteiger partial charge is 0.140 e. The van der Waals surface area contributed by atoms with Gasteiger partial charge in [-0.25, -0.2) is 4.98 Å². The summed E-state index contributed by atoms with van der Waals surface area (Å²) in [5, 5.41) is 11.7. The van der Waals surface area contributed by atoms with E-state index in [4.69, 9.17) is 9.97 Å². The quantitative estimate of drug-likeness (QED) is 0.183. The number of hydrogen-bond acceptors (Lipinski definition) is 4. The summed E-state index contributed by atoms with van der Waals surface area (Å²) < 4.78 is 0. The van der Waals surface area contributed by atoms with Crippen LogP contribution in [0, 0.1) is 6.07 Å². The fourth-order valence-corrected chi connectivity index (χ4v) is 6.24. The molecular formula is C38H32N3OPt-. The molecule has 0 fully saturated rings. The van der Waals surface area contributed by atoms with Gasteiger partial charge in [-0.1, -0.05) is 100.0 Å². The molecule has 1 aliphatic rings. The van der Waals surface area contributed by atoms with E-state index in [1.54, 1.807) is 6.07 Å². The van der Waals surface area contributed by atoms with Gasteiger partial charge in [-0.05, 0) is 69.2 Å². The Kier molecular flexibility index (Phi) is 7.44. The number of fused-ring (bicyclic) bond motifs is 3. The first-order valence-corrected chi connectivity index (χ1v) is 14.4. The van der Waals surface area contributed by atoms with Crippen molar-refractivity contribution in [3.63, 3.8) is 0 Å². The second kappa shape index (κ2) is 11.1. The number of anilines is 3. The summed E-state index contributed by atoms with van der Waals surface area (Å²) in [7, 11) is 0. The minimum atomic E-state index is -0.240. The Morgan fingerprint density at radius 1 is 0.791 bits per heavy atom. The number of para-hydroxylation sites is 1. The van der Waals surface area contributed by atoms with Gasteiger partial charge in [0.2, 0.25) is 0 Å². The largest absolute Gasteiger partial charge is 0.506 e. The minimum Gasteiger partial charge on any atom is -0.506 e. The molecule has 43 heavy (non-hydrogen) atoms. The van der Waals surface area contributed by atoms with Crippen molar-refractivity contribution >= 4 is 28.1 Å². The maximum absolute atomic E-state index is 10.7. The van der Waals surface area contributed by atoms with Gasteiger partial charge < -0.3 is 10.0 Å². The Morgan fingerprint density at radius 3 is 2.35 bits per heavy atom. The van der Waals surface area contributed by atoms with Crippen molar-refractivity contribution in [2.45, 2.75) is 39.0 Å². The molecule has 0 bridgehead atoms. The number of phenols is 1. The van der Waals surface area contributed by atoms with Gasteiger partial charge in [-0.15, -0.1) is 23.8 Å². The van der Waals surface area contributed by atoms with E-state index in [1.165, 1.54) is 16.7 Å². The number of aromatic hydroxyl groups is 1. The first kappa shape index (κ1) is 28.8. The SMILES string of the molecule is CC(C)c1ccc(O)c2nc(-c3[c-]c4c(cc3)C(C)(C)c3ccccc3N4c3cc(-c4ccccc4)ccn3)ccc12.[Pt]. The Balaban J connectivity index is 0.00000329. The van der Waals surface area contributed by atoms with Crippen LogP contribution in [0.25, 0.3) is 33.3 Å². The molecule has 6 aromatic rings. The normalized spacial score (nSPS) is 13.4. The van der Waals surface area contributed by atoms with Crippen molar-refractivity contribution in [1.82, 2.24) is 9.97 Å². The minimum absolute atomic E-state index is 0. The van der Waals surface area contributed by atoms with E-state index in [1.807, 2.05) is 24.4 Å². The van der Waals surface area contributed by atoms with Crippen LogP contribution < -0.4 is 4.90 Å². The van der Waals surface area contributed by atoms with Crippen molar-refractivity contribution in [3.05, 3.63) is 132 Å². The Labute approximate surface area is 267 Å². The van der Waals surface area contributed by atoms with Crippen molar-refractivity contribution in [2.75, 3.05) is 4.90 Å². The molecule has 0 spiro atoms. The molecule has 1 N–H and O–H groups in total. The average molecular weight is 742 g/mol. The summed E-state index contributed by atoms with van der Waals surface area (Å²) in [4.78, 5) is 12.0. The number of nitrogens with zero attached hydrogens (tertiary/aromatic N) is 3. The van der Waals surface area contributed by atoms with Crippen molar-refractivity contribution < 1.29 is 26.2 Å². The molecule has 4 nitrogen and oxygen atoms in total. The molecule has 7 rings (SSSR count). The van der Waals surface area contributed by atoms with Crippen LogP contribution in [0.4, 0.5) is 17.2 Å². The maximum Gasteiger partial charge on any atom is 0.140 e. The van der Waals surface area contributed by atoms with Gasteiger partial charge >= 0.3 is 0 Å². The van der Waals surface area contributed by atoms with Crippen LogP contribution in [-0.4, -0.2) is 15.1 Å². The van der Waals surface area contributed by atoms with Crippen molar-refractivity contribution in [1.29, 1.82) is 0 Å². The Hall–Kier alpha value is -4.27. The van der Waals surface area contributed by atoms with Crippen molar-refractivity contribution in [2.24, 2.45) is 0 Å². The number of rotatable bonds is 4. The average Bonchev–Trinajstić information content (AvgIpc) is 3.01. The summed E-state index contributed by atoms with van der Waals surface area (Å²) in [6.45, 7) is 8.85. The summed E-state index contributed by atoms with van der Waals surface area (Å²) in [5.74, 6) is 1.35. The van der Waals surface area contributed by atoms with E-state index >= 15 is 0 Å². The third-order valence-electron chi connectivity index (χ3n) is 8.49. The Bertz CT molecular complexity index is 1970. The molecule has 216 valence electrons. The van der Waals surface area contributed by atoms with E-state index in [0.29, 0.717) is 11.4 Å². The first-order valence-electron chi connectivity index (χ1n) is 14.4. The van der Waals surface area contributed by atoms with Crippen LogP contribution in [-0.2, 0) is 26.5 Å². The maximum atomic E-state index is 10.7. The van der Waals surface area contributed by atoms with E-state index in [-0.39, 0.29) is 32.2 Å². The molecule has 0 atom stereocenters. The molecule has 0 unspecified atom stereocenters. The van der Waals surface area contributed by atoms with Crippen LogP contribution in [0.15, 0.2) is 109 Å². The fraction of sp³-hybridized carbons (Fsp3) is 0.158. The van der Waals surface area contributed by atoms with E-state index in [2.05, 4.69) is 118 Å². The molecule has 3 heterocycles. The molecule has 5 heteroatoms. The number of aromatic nitrogens is 2. The van der Waals surface area contributed by atoms with Gasteiger partial charge in [0.25, 0.3) is 0 Å². The standard InChI is InChI=1S/C38H32N3O.Pt/c1-24(2)28-16-19-35(42)37-29(28)15-18-32(40-37)27-14-17-31-34(22-27)41(33-13-9-8-12-30(33)38(31,3)4)36-23-26(20-21-39-36)25-10-6-5-7-11-25;/h5-21,23-24,42H,1-4H3;/q-1;. The molecule has 2 aromatic heterocycles. The van der Waals surface area contributed by atoms with Crippen LogP contribution in [0.5, 0.6) is 5.75 Å². The topological polar surface area (TPSA) is 49.3 Å². The second-order valence-corrected chi connectivity index (χ2v) is 11.8. The summed E-state index contributed by atoms with van der Waals surface area (Å²) in [5.41, 5.74) is 9.88. The van der Waals surface area contributed by atoms with Crippen LogP contribution in [0.3, 0.4) is 0 Å². The number of benzene rings is 4. The zero-order chi connectivity index (χ0) is 29.0. The molecule has 0 amide bonds. The molecule has 0 saturated carbocycles. The summed E-state index contributed by atoms with van der Waals surface area (Å²) >= 11 is 0. The third kappa shape index (κ3) is 4.84. The molecule has 1 aliphatic heterocycles. The van der Waals surface area contributed by atoms with E-state index < -0.39 is 0 Å². The van der Waals surface area contributed by atoms with Gasteiger partial charge in [0.15, 0.2) is 0 Å².